The zero-order valence-corrected chi connectivity index (χ0v) is 13.9. The lowest BCUT2D eigenvalue weighted by molar-refractivity contribution is 0.517. The van der Waals surface area contributed by atoms with Gasteiger partial charge in [0.25, 0.3) is 0 Å². The molecule has 3 N–H and O–H groups in total. The summed E-state index contributed by atoms with van der Waals surface area (Å²) in [6.07, 6.45) is 0.767. The van der Waals surface area contributed by atoms with Gasteiger partial charge in [-0.1, -0.05) is 17.7 Å². The molecule has 2 rings (SSSR count). The molecule has 4 nitrogen and oxygen atoms in total. The van der Waals surface area contributed by atoms with E-state index in [1.807, 2.05) is 29.8 Å². The number of nitrogens with two attached hydrogens (primary N) is 1. The molecule has 0 aliphatic rings. The number of aromatic nitrogens is 2. The summed E-state index contributed by atoms with van der Waals surface area (Å²) in [5, 5.41) is 5.14. The fourth-order valence-electron chi connectivity index (χ4n) is 2.25. The average molecular weight is 358 g/mol. The van der Waals surface area contributed by atoms with E-state index in [1.54, 1.807) is 0 Å². The van der Waals surface area contributed by atoms with Crippen LogP contribution in [0, 0.1) is 6.92 Å². The number of nitrogens with one attached hydrogen (secondary N) is 1. The third-order valence-electron chi connectivity index (χ3n) is 3.25. The summed E-state index contributed by atoms with van der Waals surface area (Å²) >= 11 is 9.54. The topological polar surface area (TPSA) is 55.9 Å². The largest absolute Gasteiger partial charge is 0.271 e. The van der Waals surface area contributed by atoms with Crippen molar-refractivity contribution in [2.45, 2.75) is 32.9 Å². The van der Waals surface area contributed by atoms with Crippen LogP contribution in [0.5, 0.6) is 0 Å². The number of aryl methyl sites for hydroxylation is 2. The Morgan fingerprint density at radius 3 is 2.80 bits per heavy atom. The molecule has 1 unspecified atom stereocenters. The van der Waals surface area contributed by atoms with Gasteiger partial charge in [0.1, 0.15) is 0 Å². The van der Waals surface area contributed by atoms with Crippen LogP contribution in [0.3, 0.4) is 0 Å². The molecule has 1 aromatic carbocycles. The molecule has 0 aliphatic carbocycles. The van der Waals surface area contributed by atoms with Crippen LogP contribution < -0.4 is 11.3 Å². The Balaban J connectivity index is 2.26. The van der Waals surface area contributed by atoms with Crippen molar-refractivity contribution < 1.29 is 0 Å². The Morgan fingerprint density at radius 2 is 2.20 bits per heavy atom. The molecule has 2 aromatic rings. The molecule has 0 bridgehead atoms. The average Bonchev–Trinajstić information content (AvgIpc) is 2.79. The normalized spacial score (nSPS) is 12.7. The van der Waals surface area contributed by atoms with E-state index < -0.39 is 0 Å². The lowest BCUT2D eigenvalue weighted by atomic mass is 10.0. The van der Waals surface area contributed by atoms with Crippen molar-refractivity contribution in [2.75, 3.05) is 0 Å². The minimum absolute atomic E-state index is 0.00185. The van der Waals surface area contributed by atoms with Gasteiger partial charge in [0.05, 0.1) is 16.8 Å². The molecule has 0 saturated carbocycles. The van der Waals surface area contributed by atoms with Crippen LogP contribution in [0.1, 0.15) is 29.9 Å². The number of hydrogen-bond donors (Lipinski definition) is 2. The Bertz CT molecular complexity index is 597. The molecule has 108 valence electrons. The molecule has 0 amide bonds. The highest BCUT2D eigenvalue weighted by Crippen LogP contribution is 2.27. The van der Waals surface area contributed by atoms with E-state index in [0.717, 1.165) is 34.4 Å². The van der Waals surface area contributed by atoms with Crippen molar-refractivity contribution in [1.82, 2.24) is 15.2 Å². The lowest BCUT2D eigenvalue weighted by Crippen LogP contribution is -2.30. The predicted octanol–water partition coefficient (Wildman–Crippen LogP) is 3.37. The summed E-state index contributed by atoms with van der Waals surface area (Å²) in [5.41, 5.74) is 6.10. The van der Waals surface area contributed by atoms with Crippen LogP contribution in [0.2, 0.25) is 5.02 Å². The molecular weight excluding hydrogens is 340 g/mol. The highest BCUT2D eigenvalue weighted by atomic mass is 79.9. The summed E-state index contributed by atoms with van der Waals surface area (Å²) in [6, 6.07) is 7.97. The molecule has 6 heteroatoms. The summed E-state index contributed by atoms with van der Waals surface area (Å²) in [5.74, 6) is 5.70. The molecule has 1 atom stereocenters. The Hall–Kier alpha value is -0.880. The minimum atomic E-state index is 0.00185. The molecule has 0 radical (unpaired) electrons. The molecule has 1 aromatic heterocycles. The van der Waals surface area contributed by atoms with Gasteiger partial charge in [-0.25, -0.2) is 0 Å². The third kappa shape index (κ3) is 3.41. The second-order valence-corrected chi connectivity index (χ2v) is 5.95. The van der Waals surface area contributed by atoms with Gasteiger partial charge in [-0.2, -0.15) is 5.10 Å². The quantitative estimate of drug-likeness (QED) is 0.637. The van der Waals surface area contributed by atoms with E-state index in [9.17, 15) is 0 Å². The van der Waals surface area contributed by atoms with Gasteiger partial charge in [-0.15, -0.1) is 0 Å². The van der Waals surface area contributed by atoms with E-state index in [4.69, 9.17) is 17.4 Å². The molecule has 1 heterocycles. The lowest BCUT2D eigenvalue weighted by Gasteiger charge is -2.17. The van der Waals surface area contributed by atoms with Gasteiger partial charge in [0.2, 0.25) is 0 Å². The Kier molecular flexibility index (Phi) is 5.21. The van der Waals surface area contributed by atoms with Gasteiger partial charge < -0.3 is 0 Å². The van der Waals surface area contributed by atoms with E-state index >= 15 is 0 Å². The predicted molar refractivity (Wildman–Crippen MR) is 85.6 cm³/mol. The monoisotopic (exact) mass is 356 g/mol. The maximum Gasteiger partial charge on any atom is 0.0596 e. The minimum Gasteiger partial charge on any atom is -0.271 e. The summed E-state index contributed by atoms with van der Waals surface area (Å²) in [6.45, 7) is 4.93. The second kappa shape index (κ2) is 6.72. The fourth-order valence-corrected chi connectivity index (χ4v) is 2.68. The van der Waals surface area contributed by atoms with Crippen molar-refractivity contribution in [3.8, 4) is 0 Å². The van der Waals surface area contributed by atoms with Crippen LogP contribution in [0.4, 0.5) is 0 Å². The van der Waals surface area contributed by atoms with Gasteiger partial charge in [-0.05, 0) is 53.5 Å². The second-order valence-electron chi connectivity index (χ2n) is 4.69. The number of hydrazine groups is 1. The number of halogens is 2. The summed E-state index contributed by atoms with van der Waals surface area (Å²) < 4.78 is 2.88. The summed E-state index contributed by atoms with van der Waals surface area (Å²) in [7, 11) is 0. The van der Waals surface area contributed by atoms with E-state index in [0.29, 0.717) is 5.02 Å². The maximum atomic E-state index is 6.15. The van der Waals surface area contributed by atoms with Gasteiger partial charge in [0, 0.05) is 23.1 Å². The standard InChI is InChI=1S/C14H18BrClN4/c1-3-20-11(6-9(2)19-20)8-14(18-17)10-4-5-12(15)13(16)7-10/h4-7,14,18H,3,8,17H2,1-2H3. The molecule has 0 aliphatic heterocycles. The molecule has 0 fully saturated rings. The van der Waals surface area contributed by atoms with Crippen molar-refractivity contribution in [3.05, 3.63) is 50.7 Å². The fraction of sp³-hybridized carbons (Fsp3) is 0.357. The Morgan fingerprint density at radius 1 is 1.45 bits per heavy atom. The van der Waals surface area contributed by atoms with Crippen LogP contribution >= 0.6 is 27.5 Å². The zero-order valence-electron chi connectivity index (χ0n) is 11.5. The number of benzene rings is 1. The summed E-state index contributed by atoms with van der Waals surface area (Å²) in [4.78, 5) is 0. The van der Waals surface area contributed by atoms with Crippen molar-refractivity contribution in [1.29, 1.82) is 0 Å². The van der Waals surface area contributed by atoms with E-state index in [-0.39, 0.29) is 6.04 Å². The van der Waals surface area contributed by atoms with Crippen molar-refractivity contribution >= 4 is 27.5 Å². The third-order valence-corrected chi connectivity index (χ3v) is 4.48. The first-order valence-corrected chi connectivity index (χ1v) is 7.66. The highest BCUT2D eigenvalue weighted by Gasteiger charge is 2.15. The van der Waals surface area contributed by atoms with Gasteiger partial charge in [-0.3, -0.25) is 16.0 Å². The molecular formula is C14H18BrClN4. The van der Waals surface area contributed by atoms with Gasteiger partial charge >= 0.3 is 0 Å². The number of nitrogens with zero attached hydrogens (tertiary/aromatic N) is 2. The highest BCUT2D eigenvalue weighted by molar-refractivity contribution is 9.10. The van der Waals surface area contributed by atoms with Crippen molar-refractivity contribution in [2.24, 2.45) is 5.84 Å². The molecule has 20 heavy (non-hydrogen) atoms. The Labute approximate surface area is 132 Å². The van der Waals surface area contributed by atoms with E-state index in [2.05, 4.69) is 39.4 Å². The van der Waals surface area contributed by atoms with Gasteiger partial charge in [0.15, 0.2) is 0 Å². The SMILES string of the molecule is CCn1nc(C)cc1CC(NN)c1ccc(Br)c(Cl)c1. The van der Waals surface area contributed by atoms with Crippen LogP contribution in [0.15, 0.2) is 28.7 Å². The smallest absolute Gasteiger partial charge is 0.0596 e. The van der Waals surface area contributed by atoms with E-state index in [1.165, 1.54) is 0 Å². The molecule has 0 spiro atoms. The van der Waals surface area contributed by atoms with Crippen LogP contribution in [-0.2, 0) is 13.0 Å². The zero-order chi connectivity index (χ0) is 14.7. The number of hydrogen-bond acceptors (Lipinski definition) is 3. The first-order chi connectivity index (χ1) is 9.55. The first-order valence-electron chi connectivity index (χ1n) is 6.49. The van der Waals surface area contributed by atoms with Crippen molar-refractivity contribution in [3.63, 3.8) is 0 Å². The van der Waals surface area contributed by atoms with Crippen LogP contribution in [0.25, 0.3) is 0 Å². The number of rotatable bonds is 5. The maximum absolute atomic E-state index is 6.15. The first kappa shape index (κ1) is 15.5. The van der Waals surface area contributed by atoms with Crippen LogP contribution in [-0.4, -0.2) is 9.78 Å². The molecule has 0 saturated heterocycles.